The van der Waals surface area contributed by atoms with Gasteiger partial charge in [-0.25, -0.2) is 9.38 Å². The topological polar surface area (TPSA) is 56.7 Å². The third-order valence-corrected chi connectivity index (χ3v) is 4.21. The number of hydrogen-bond donors (Lipinski definition) is 2. The fourth-order valence-corrected chi connectivity index (χ4v) is 3.14. The summed E-state index contributed by atoms with van der Waals surface area (Å²) in [5.41, 5.74) is 0.807. The van der Waals surface area contributed by atoms with E-state index >= 15 is 0 Å². The summed E-state index contributed by atoms with van der Waals surface area (Å²) < 4.78 is 14.1. The van der Waals surface area contributed by atoms with Crippen LogP contribution >= 0.6 is 39.9 Å². The molecule has 0 aliphatic carbocycles. The number of benzene rings is 1. The third kappa shape index (κ3) is 7.89. The normalized spacial score (nSPS) is 14.4. The van der Waals surface area contributed by atoms with Crippen LogP contribution in [0.25, 0.3) is 0 Å². The van der Waals surface area contributed by atoms with Gasteiger partial charge >= 0.3 is 0 Å². The van der Waals surface area contributed by atoms with E-state index in [2.05, 4.69) is 31.6 Å². The highest BCUT2D eigenvalue weighted by atomic mass is 127. The largest absolute Gasteiger partial charge is 0.357 e. The van der Waals surface area contributed by atoms with E-state index in [9.17, 15) is 9.18 Å². The van der Waals surface area contributed by atoms with Crippen LogP contribution in [-0.2, 0) is 11.3 Å². The molecule has 1 aromatic rings. The van der Waals surface area contributed by atoms with Crippen LogP contribution in [0.15, 0.2) is 27.7 Å². The summed E-state index contributed by atoms with van der Waals surface area (Å²) in [4.78, 5) is 17.9. The van der Waals surface area contributed by atoms with Crippen LogP contribution in [0.2, 0.25) is 0 Å². The first-order chi connectivity index (χ1) is 11.6. The molecule has 1 aromatic carbocycles. The lowest BCUT2D eigenvalue weighted by molar-refractivity contribution is -0.127. The fourth-order valence-electron chi connectivity index (χ4n) is 2.63. The van der Waals surface area contributed by atoms with Crippen molar-refractivity contribution < 1.29 is 9.18 Å². The lowest BCUT2D eigenvalue weighted by Crippen LogP contribution is -2.39. The maximum Gasteiger partial charge on any atom is 0.222 e. The third-order valence-electron chi connectivity index (χ3n) is 3.75. The molecule has 25 heavy (non-hydrogen) atoms. The molecule has 1 amide bonds. The highest BCUT2D eigenvalue weighted by Crippen LogP contribution is 2.15. The van der Waals surface area contributed by atoms with Crippen molar-refractivity contribution >= 4 is 51.8 Å². The number of nitrogens with one attached hydrogen (secondary N) is 2. The zero-order valence-corrected chi connectivity index (χ0v) is 18.3. The summed E-state index contributed by atoms with van der Waals surface area (Å²) >= 11 is 3.29. The number of likely N-dealkylation sites (tertiary alicyclic amines) is 1. The molecule has 0 radical (unpaired) electrons. The van der Waals surface area contributed by atoms with Crippen LogP contribution in [0.5, 0.6) is 0 Å². The number of halogens is 3. The van der Waals surface area contributed by atoms with Gasteiger partial charge in [0.2, 0.25) is 5.91 Å². The first-order valence-corrected chi connectivity index (χ1v) is 9.12. The molecule has 2 N–H and O–H groups in total. The van der Waals surface area contributed by atoms with E-state index in [0.717, 1.165) is 44.6 Å². The molecule has 0 atom stereocenters. The minimum absolute atomic E-state index is 0. The Labute approximate surface area is 174 Å². The predicted molar refractivity (Wildman–Crippen MR) is 113 cm³/mol. The van der Waals surface area contributed by atoms with Crippen LogP contribution in [-0.4, -0.2) is 42.9 Å². The van der Waals surface area contributed by atoms with Crippen molar-refractivity contribution in [1.29, 1.82) is 0 Å². The number of hydrogen-bond acceptors (Lipinski definition) is 2. The minimum Gasteiger partial charge on any atom is -0.357 e. The summed E-state index contributed by atoms with van der Waals surface area (Å²) in [6.07, 6.45) is 2.53. The van der Waals surface area contributed by atoms with Gasteiger partial charge in [-0.3, -0.25) is 4.79 Å². The number of carbonyl (C=O) groups excluding carboxylic acids is 1. The highest BCUT2D eigenvalue weighted by Gasteiger charge is 2.18. The Morgan fingerprint density at radius 1 is 1.36 bits per heavy atom. The molecule has 8 heteroatoms. The van der Waals surface area contributed by atoms with Crippen molar-refractivity contribution in [1.82, 2.24) is 15.5 Å². The van der Waals surface area contributed by atoms with E-state index in [0.29, 0.717) is 23.4 Å². The van der Waals surface area contributed by atoms with Gasteiger partial charge in [-0.2, -0.15) is 0 Å². The van der Waals surface area contributed by atoms with Crippen molar-refractivity contribution in [2.45, 2.75) is 32.7 Å². The van der Waals surface area contributed by atoms with Crippen LogP contribution in [0, 0.1) is 5.82 Å². The second-order valence-electron chi connectivity index (χ2n) is 5.74. The Kier molecular flexibility index (Phi) is 10.3. The van der Waals surface area contributed by atoms with E-state index in [1.54, 1.807) is 0 Å². The standard InChI is InChI=1S/C17H24BrFN4O.HI/c1-2-20-17(21-6-4-8-23-7-3-5-16(23)24)22-12-13-9-14(18)11-15(19)10-13;/h9-11H,2-8,12H2,1H3,(H2,20,21,22);1H. The zero-order valence-electron chi connectivity index (χ0n) is 14.4. The molecule has 1 fully saturated rings. The molecule has 0 unspecified atom stereocenters. The quantitative estimate of drug-likeness (QED) is 0.248. The number of guanidine groups is 1. The molecular formula is C17H25BrFIN4O. The Morgan fingerprint density at radius 3 is 2.80 bits per heavy atom. The maximum atomic E-state index is 13.4. The number of nitrogens with zero attached hydrogens (tertiary/aromatic N) is 2. The van der Waals surface area contributed by atoms with Gasteiger partial charge in [0.15, 0.2) is 5.96 Å². The fraction of sp³-hybridized carbons (Fsp3) is 0.529. The molecule has 5 nitrogen and oxygen atoms in total. The molecule has 1 heterocycles. The van der Waals surface area contributed by atoms with Gasteiger partial charge in [-0.1, -0.05) is 15.9 Å². The molecule has 1 aliphatic heterocycles. The van der Waals surface area contributed by atoms with E-state index < -0.39 is 0 Å². The van der Waals surface area contributed by atoms with Crippen molar-refractivity contribution in [3.05, 3.63) is 34.1 Å². The monoisotopic (exact) mass is 526 g/mol. The van der Waals surface area contributed by atoms with E-state index in [1.807, 2.05) is 17.9 Å². The number of aliphatic imine (C=N–C) groups is 1. The van der Waals surface area contributed by atoms with Gasteiger partial charge in [0, 0.05) is 37.1 Å². The van der Waals surface area contributed by atoms with Gasteiger partial charge in [-0.15, -0.1) is 24.0 Å². The summed E-state index contributed by atoms with van der Waals surface area (Å²) in [7, 11) is 0. The lowest BCUT2D eigenvalue weighted by atomic mass is 10.2. The first kappa shape index (κ1) is 22.1. The van der Waals surface area contributed by atoms with E-state index in [1.165, 1.54) is 12.1 Å². The first-order valence-electron chi connectivity index (χ1n) is 8.33. The summed E-state index contributed by atoms with van der Waals surface area (Å²) in [6, 6.07) is 4.77. The van der Waals surface area contributed by atoms with Crippen LogP contribution < -0.4 is 10.6 Å². The Hall–Kier alpha value is -0.900. The van der Waals surface area contributed by atoms with Crippen LogP contribution in [0.1, 0.15) is 31.7 Å². The Morgan fingerprint density at radius 2 is 2.16 bits per heavy atom. The maximum absolute atomic E-state index is 13.4. The molecule has 2 rings (SSSR count). The van der Waals surface area contributed by atoms with Gasteiger partial charge in [-0.05, 0) is 43.5 Å². The number of rotatable bonds is 7. The second-order valence-corrected chi connectivity index (χ2v) is 6.65. The average Bonchev–Trinajstić information content (AvgIpc) is 2.93. The molecule has 0 spiro atoms. The average molecular weight is 527 g/mol. The van der Waals surface area contributed by atoms with Crippen LogP contribution in [0.3, 0.4) is 0 Å². The zero-order chi connectivity index (χ0) is 17.4. The Balaban J connectivity index is 0.00000312. The van der Waals surface area contributed by atoms with Crippen molar-refractivity contribution in [2.75, 3.05) is 26.2 Å². The second kappa shape index (κ2) is 11.7. The van der Waals surface area contributed by atoms with Crippen molar-refractivity contribution in [2.24, 2.45) is 4.99 Å². The summed E-state index contributed by atoms with van der Waals surface area (Å²) in [5.74, 6) is 0.681. The minimum atomic E-state index is -0.275. The van der Waals surface area contributed by atoms with Gasteiger partial charge in [0.05, 0.1) is 6.54 Å². The van der Waals surface area contributed by atoms with Gasteiger partial charge < -0.3 is 15.5 Å². The molecule has 0 bridgehead atoms. The molecule has 0 saturated carbocycles. The number of amides is 1. The Bertz CT molecular complexity index is 580. The van der Waals surface area contributed by atoms with Crippen molar-refractivity contribution in [3.8, 4) is 0 Å². The summed E-state index contributed by atoms with van der Waals surface area (Å²) in [5, 5.41) is 6.43. The lowest BCUT2D eigenvalue weighted by Gasteiger charge is -2.16. The highest BCUT2D eigenvalue weighted by molar-refractivity contribution is 14.0. The SMILES string of the molecule is CCNC(=NCc1cc(F)cc(Br)c1)NCCCN1CCCC1=O.I. The number of carbonyl (C=O) groups is 1. The van der Waals surface area contributed by atoms with Crippen molar-refractivity contribution in [3.63, 3.8) is 0 Å². The summed E-state index contributed by atoms with van der Waals surface area (Å²) in [6.45, 7) is 5.55. The molecular weight excluding hydrogens is 502 g/mol. The van der Waals surface area contributed by atoms with E-state index in [-0.39, 0.29) is 35.7 Å². The van der Waals surface area contributed by atoms with Gasteiger partial charge in [0.25, 0.3) is 0 Å². The molecule has 140 valence electrons. The van der Waals surface area contributed by atoms with Gasteiger partial charge in [0.1, 0.15) is 5.82 Å². The smallest absolute Gasteiger partial charge is 0.222 e. The predicted octanol–water partition coefficient (Wildman–Crippen LogP) is 3.27. The molecule has 1 aliphatic rings. The van der Waals surface area contributed by atoms with Crippen LogP contribution in [0.4, 0.5) is 4.39 Å². The molecule has 0 aromatic heterocycles. The molecule has 1 saturated heterocycles. The van der Waals surface area contributed by atoms with E-state index in [4.69, 9.17) is 0 Å².